The number of ketones is 2. The van der Waals surface area contributed by atoms with E-state index in [9.17, 15) is 44.4 Å². The fraction of sp³-hybridized carbons (Fsp3) is 0.433. The summed E-state index contributed by atoms with van der Waals surface area (Å²) in [5.74, 6) is -6.06. The molecule has 6 atom stereocenters. The number of aromatic hydroxyl groups is 1. The van der Waals surface area contributed by atoms with Crippen molar-refractivity contribution >= 4 is 35.2 Å². The van der Waals surface area contributed by atoms with Crippen LogP contribution < -0.4 is 0 Å². The van der Waals surface area contributed by atoms with Crippen LogP contribution in [0.3, 0.4) is 0 Å². The van der Waals surface area contributed by atoms with Gasteiger partial charge in [0.2, 0.25) is 0 Å². The van der Waals surface area contributed by atoms with Crippen molar-refractivity contribution in [1.29, 1.82) is 0 Å². The number of carboxylic acids is 1. The van der Waals surface area contributed by atoms with E-state index in [0.29, 0.717) is 12.8 Å². The second-order valence-electron chi connectivity index (χ2n) is 11.1. The molecule has 1 heterocycles. The van der Waals surface area contributed by atoms with E-state index in [2.05, 4.69) is 0 Å². The van der Waals surface area contributed by atoms with Gasteiger partial charge in [0.1, 0.15) is 11.5 Å². The van der Waals surface area contributed by atoms with Gasteiger partial charge in [-0.3, -0.25) is 24.0 Å². The van der Waals surface area contributed by atoms with Crippen LogP contribution in [0.1, 0.15) is 74.0 Å². The number of aliphatic carboxylic acids is 1. The Balaban J connectivity index is 1.61. The molecule has 13 nitrogen and oxygen atoms in total. The molecular weight excluding hydrogens is 568 g/mol. The minimum Gasteiger partial charge on any atom is -0.507 e. The number of esters is 2. The van der Waals surface area contributed by atoms with E-state index in [1.165, 1.54) is 12.1 Å². The third-order valence-electron chi connectivity index (χ3n) is 8.19. The molecule has 3 aliphatic carbocycles. The Morgan fingerprint density at radius 3 is 2.42 bits per heavy atom. The van der Waals surface area contributed by atoms with Crippen LogP contribution in [-0.4, -0.2) is 85.0 Å². The Labute approximate surface area is 244 Å². The molecule has 5 N–H and O–H groups in total. The molecule has 0 unspecified atom stereocenters. The van der Waals surface area contributed by atoms with Gasteiger partial charge in [-0.25, -0.2) is 0 Å². The standard InChI is InChI=1S/C30H30O13/c1-11-17(32)6-7-18(41-11)13-4-5-14-23(24(13)36)26(38)15-10-16-22(21(15)25(14)37)27(42-12(2)31)29(30(3,40)28(16)39)43-20(35)9-8-19(33)34/h4-5,10-11,17-18,27,29,32,36-37,40H,6-9H2,1-3H3,(H,33,34)/t11-,17+,18-,27+,29-,30-/m1/s1. The molecular formula is C30H30O13. The quantitative estimate of drug-likeness (QED) is 0.295. The second kappa shape index (κ2) is 10.7. The summed E-state index contributed by atoms with van der Waals surface area (Å²) < 4.78 is 16.6. The highest BCUT2D eigenvalue weighted by Crippen LogP contribution is 2.51. The molecule has 228 valence electrons. The van der Waals surface area contributed by atoms with Gasteiger partial charge in [0, 0.05) is 40.3 Å². The summed E-state index contributed by atoms with van der Waals surface area (Å²) in [6.07, 6.45) is -4.73. The lowest BCUT2D eigenvalue weighted by Crippen LogP contribution is -2.59. The van der Waals surface area contributed by atoms with E-state index in [4.69, 9.17) is 19.3 Å². The number of hydrogen-bond acceptors (Lipinski definition) is 12. The number of carbonyl (C=O) groups is 5. The van der Waals surface area contributed by atoms with Crippen LogP contribution in [0.4, 0.5) is 0 Å². The second-order valence-corrected chi connectivity index (χ2v) is 11.1. The number of Topliss-reactive ketones (excluding diaryl/α,β-unsaturated/α-hetero) is 2. The number of fused-ring (bicyclic) bond motifs is 3. The summed E-state index contributed by atoms with van der Waals surface area (Å²) in [6.45, 7) is 3.73. The first-order valence-electron chi connectivity index (χ1n) is 13.6. The van der Waals surface area contributed by atoms with E-state index >= 15 is 0 Å². The fourth-order valence-corrected chi connectivity index (χ4v) is 5.99. The lowest BCUT2D eigenvalue weighted by Gasteiger charge is -2.41. The predicted octanol–water partition coefficient (Wildman–Crippen LogP) is 1.74. The van der Waals surface area contributed by atoms with Crippen LogP contribution >= 0.6 is 0 Å². The van der Waals surface area contributed by atoms with E-state index in [0.717, 1.165) is 19.9 Å². The Morgan fingerprint density at radius 2 is 1.79 bits per heavy atom. The maximum absolute atomic E-state index is 13.9. The molecule has 0 radical (unpaired) electrons. The smallest absolute Gasteiger partial charge is 0.306 e. The van der Waals surface area contributed by atoms with Crippen LogP contribution in [0.2, 0.25) is 0 Å². The van der Waals surface area contributed by atoms with Crippen LogP contribution in [0.15, 0.2) is 40.5 Å². The van der Waals surface area contributed by atoms with Crippen molar-refractivity contribution in [3.05, 3.63) is 57.2 Å². The zero-order chi connectivity index (χ0) is 31.5. The maximum atomic E-state index is 13.9. The third kappa shape index (κ3) is 4.92. The number of rotatable bonds is 6. The van der Waals surface area contributed by atoms with E-state index in [1.807, 2.05) is 0 Å². The number of carbonyl (C=O) groups excluding carboxylic acids is 4. The average Bonchev–Trinajstić information content (AvgIpc) is 3.34. The first kappa shape index (κ1) is 30.1. The van der Waals surface area contributed by atoms with Gasteiger partial charge in [-0.1, -0.05) is 6.07 Å². The number of allylic oxidation sites excluding steroid dienone is 2. The van der Waals surface area contributed by atoms with Crippen molar-refractivity contribution in [1.82, 2.24) is 0 Å². The number of benzene rings is 1. The van der Waals surface area contributed by atoms with Crippen LogP contribution in [-0.2, 0) is 33.4 Å². The minimum absolute atomic E-state index is 0.0857. The Morgan fingerprint density at radius 1 is 1.09 bits per heavy atom. The summed E-state index contributed by atoms with van der Waals surface area (Å²) in [6, 6.07) is 2.86. The summed E-state index contributed by atoms with van der Waals surface area (Å²) >= 11 is 0. The maximum Gasteiger partial charge on any atom is 0.306 e. The van der Waals surface area contributed by atoms with Gasteiger partial charge >= 0.3 is 17.9 Å². The summed E-state index contributed by atoms with van der Waals surface area (Å²) in [4.78, 5) is 63.0. The van der Waals surface area contributed by atoms with Crippen LogP contribution in [0, 0.1) is 0 Å². The highest BCUT2D eigenvalue weighted by atomic mass is 16.6. The number of carboxylic acid groups (broad SMARTS) is 1. The number of phenolic OH excluding ortho intramolecular Hbond substituents is 1. The molecule has 43 heavy (non-hydrogen) atoms. The molecule has 0 aromatic heterocycles. The molecule has 4 aliphatic rings. The van der Waals surface area contributed by atoms with E-state index in [-0.39, 0.29) is 39.0 Å². The first-order chi connectivity index (χ1) is 20.1. The number of phenols is 1. The van der Waals surface area contributed by atoms with E-state index in [1.54, 1.807) is 6.92 Å². The van der Waals surface area contributed by atoms with E-state index < -0.39 is 89.9 Å². The fourth-order valence-electron chi connectivity index (χ4n) is 5.99. The zero-order valence-electron chi connectivity index (χ0n) is 23.4. The lowest BCUT2D eigenvalue weighted by molar-refractivity contribution is -0.188. The van der Waals surface area contributed by atoms with Gasteiger partial charge in [-0.2, -0.15) is 0 Å². The molecule has 1 saturated heterocycles. The van der Waals surface area contributed by atoms with Crippen molar-refractivity contribution < 1.29 is 63.7 Å². The highest BCUT2D eigenvalue weighted by Gasteiger charge is 2.58. The van der Waals surface area contributed by atoms with Gasteiger partial charge in [-0.15, -0.1) is 0 Å². The van der Waals surface area contributed by atoms with Gasteiger partial charge in [-0.05, 0) is 38.8 Å². The Bertz CT molecular complexity index is 1560. The van der Waals surface area contributed by atoms with Crippen molar-refractivity contribution in [2.75, 3.05) is 0 Å². The molecule has 0 saturated carbocycles. The monoisotopic (exact) mass is 598 g/mol. The molecule has 1 aliphatic heterocycles. The normalized spacial score (nSPS) is 29.9. The van der Waals surface area contributed by atoms with Gasteiger partial charge < -0.3 is 39.7 Å². The third-order valence-corrected chi connectivity index (χ3v) is 8.19. The Hall–Kier alpha value is -4.33. The summed E-state index contributed by atoms with van der Waals surface area (Å²) in [5.41, 5.74) is -3.44. The summed E-state index contributed by atoms with van der Waals surface area (Å²) in [5, 5.41) is 52.8. The van der Waals surface area contributed by atoms with Gasteiger partial charge in [0.15, 0.2) is 29.4 Å². The largest absolute Gasteiger partial charge is 0.507 e. The van der Waals surface area contributed by atoms with Crippen molar-refractivity contribution in [3.8, 4) is 5.75 Å². The van der Waals surface area contributed by atoms with Crippen LogP contribution in [0.25, 0.3) is 5.76 Å². The minimum atomic E-state index is -2.48. The zero-order valence-corrected chi connectivity index (χ0v) is 23.4. The average molecular weight is 599 g/mol. The van der Waals surface area contributed by atoms with Crippen molar-refractivity contribution in [2.45, 2.75) is 82.6 Å². The molecule has 1 aromatic carbocycles. The Kier molecular flexibility index (Phi) is 7.53. The van der Waals surface area contributed by atoms with Crippen molar-refractivity contribution in [2.24, 2.45) is 0 Å². The molecule has 1 aromatic rings. The lowest BCUT2D eigenvalue weighted by atomic mass is 9.74. The number of ether oxygens (including phenoxy) is 3. The van der Waals surface area contributed by atoms with Crippen LogP contribution in [0.5, 0.6) is 5.75 Å². The number of aliphatic hydroxyl groups excluding tert-OH is 2. The number of aliphatic hydroxyl groups is 3. The molecule has 0 spiro atoms. The predicted molar refractivity (Wildman–Crippen MR) is 144 cm³/mol. The highest BCUT2D eigenvalue weighted by molar-refractivity contribution is 6.24. The molecule has 13 heteroatoms. The van der Waals surface area contributed by atoms with Gasteiger partial charge in [0.05, 0.1) is 36.7 Å². The molecule has 5 rings (SSSR count). The SMILES string of the molecule is CC(=O)O[C@H]1C2=C(C=C3C(=O)c4c(ccc([C@H]5CC[C@H](O)[C@@H](C)O5)c4O)C(O)=C32)C(=O)[C@@](C)(O)[C@@H]1OC(=O)CCC(=O)O. The number of hydrogen-bond donors (Lipinski definition) is 5. The van der Waals surface area contributed by atoms with Gasteiger partial charge in [0.25, 0.3) is 0 Å². The van der Waals surface area contributed by atoms with Crippen molar-refractivity contribution in [3.63, 3.8) is 0 Å². The molecule has 1 fully saturated rings. The summed E-state index contributed by atoms with van der Waals surface area (Å²) in [7, 11) is 0. The molecule has 0 bridgehead atoms. The topological polar surface area (TPSA) is 214 Å². The molecule has 0 amide bonds. The first-order valence-corrected chi connectivity index (χ1v) is 13.6.